The zero-order valence-corrected chi connectivity index (χ0v) is 24.3. The Kier molecular flexibility index (Phi) is 10.1. The van der Waals surface area contributed by atoms with E-state index in [0.29, 0.717) is 49.5 Å². The van der Waals surface area contributed by atoms with E-state index >= 15 is 0 Å². The van der Waals surface area contributed by atoms with Crippen molar-refractivity contribution in [2.45, 2.75) is 97.3 Å². The van der Waals surface area contributed by atoms with Gasteiger partial charge in [-0.25, -0.2) is 0 Å². The number of nitrogens with one attached hydrogen (secondary N) is 3. The normalized spacial score (nSPS) is 29.7. The van der Waals surface area contributed by atoms with Crippen LogP contribution >= 0.6 is 0 Å². The first-order valence-electron chi connectivity index (χ1n) is 14.1. The molecule has 1 heterocycles. The van der Waals surface area contributed by atoms with E-state index in [9.17, 15) is 9.59 Å². The van der Waals surface area contributed by atoms with Crippen LogP contribution in [0.5, 0.6) is 0 Å². The topological polar surface area (TPSA) is 127 Å². The SMILES string of the molecule is C/C=C/C=C/C(=O)N[C@@H](CCCNC(N)=NC)C(=O)N[C@@H](CC(C)C)B1O[C@@H]2C[C@@H]3C[C@@H](C3(C)C)[C@]2(C)O1. The molecule has 5 N–H and O–H groups in total. The average Bonchev–Trinajstić information content (AvgIpc) is 3.22. The molecule has 6 atom stereocenters. The smallest absolute Gasteiger partial charge is 0.404 e. The van der Waals surface area contributed by atoms with Gasteiger partial charge in [-0.3, -0.25) is 14.6 Å². The molecule has 0 spiro atoms. The third kappa shape index (κ3) is 6.81. The predicted molar refractivity (Wildman–Crippen MR) is 152 cm³/mol. The molecule has 1 aliphatic heterocycles. The average molecular weight is 530 g/mol. The molecule has 212 valence electrons. The second-order valence-corrected chi connectivity index (χ2v) is 12.2. The molecule has 0 aromatic carbocycles. The Morgan fingerprint density at radius 1 is 1.18 bits per heavy atom. The minimum atomic E-state index is -0.708. The highest BCUT2D eigenvalue weighted by Gasteiger charge is 2.68. The second-order valence-electron chi connectivity index (χ2n) is 12.2. The van der Waals surface area contributed by atoms with Crippen molar-refractivity contribution in [2.24, 2.45) is 33.9 Å². The number of aliphatic imine (C=N–C) groups is 1. The minimum absolute atomic E-state index is 0.0415. The molecular weight excluding hydrogens is 481 g/mol. The van der Waals surface area contributed by atoms with Crippen molar-refractivity contribution in [3.05, 3.63) is 24.3 Å². The maximum Gasteiger partial charge on any atom is 0.481 e. The van der Waals surface area contributed by atoms with E-state index in [0.717, 1.165) is 6.42 Å². The Labute approximate surface area is 229 Å². The van der Waals surface area contributed by atoms with E-state index in [1.807, 2.05) is 13.0 Å². The Morgan fingerprint density at radius 2 is 1.92 bits per heavy atom. The van der Waals surface area contributed by atoms with Gasteiger partial charge in [0.15, 0.2) is 5.96 Å². The van der Waals surface area contributed by atoms with Crippen molar-refractivity contribution < 1.29 is 18.9 Å². The fourth-order valence-electron chi connectivity index (χ4n) is 6.44. The fraction of sp³-hybridized carbons (Fsp3) is 0.750. The van der Waals surface area contributed by atoms with E-state index in [1.54, 1.807) is 19.2 Å². The van der Waals surface area contributed by atoms with Crippen LogP contribution in [0.2, 0.25) is 0 Å². The summed E-state index contributed by atoms with van der Waals surface area (Å²) in [6.45, 7) is 13.5. The summed E-state index contributed by atoms with van der Waals surface area (Å²) in [5, 5.41) is 9.06. The summed E-state index contributed by atoms with van der Waals surface area (Å²) in [5.41, 5.74) is 5.62. The molecule has 0 aromatic rings. The summed E-state index contributed by atoms with van der Waals surface area (Å²) in [5.74, 6) is 0.892. The van der Waals surface area contributed by atoms with Gasteiger partial charge in [-0.1, -0.05) is 45.9 Å². The lowest BCUT2D eigenvalue weighted by molar-refractivity contribution is -0.199. The highest BCUT2D eigenvalue weighted by Crippen LogP contribution is 2.65. The maximum atomic E-state index is 13.6. The van der Waals surface area contributed by atoms with Crippen LogP contribution in [0.3, 0.4) is 0 Å². The number of nitrogens with zero attached hydrogens (tertiary/aromatic N) is 1. The van der Waals surface area contributed by atoms with E-state index < -0.39 is 13.2 Å². The first-order chi connectivity index (χ1) is 17.9. The molecule has 0 radical (unpaired) electrons. The summed E-state index contributed by atoms with van der Waals surface area (Å²) in [6.07, 6.45) is 10.7. The molecule has 3 aliphatic carbocycles. The van der Waals surface area contributed by atoms with Crippen LogP contribution in [0.15, 0.2) is 29.3 Å². The standard InChI is InChI=1S/C28H48BN5O4/c1-8-9-10-13-24(35)33-20(12-11-14-32-26(30)31-7)25(36)34-23(15-18(2)3)29-37-22-17-19-16-21(27(19,4)5)28(22,6)38-29/h8-10,13,18-23H,11-12,14-17H2,1-7H3,(H,33,35)(H,34,36)(H3,30,31,32)/b9-8+,13-10+/t19-,20-,21-,22+,23-,28-/m0/s1. The highest BCUT2D eigenvalue weighted by molar-refractivity contribution is 6.48. The molecule has 2 amide bonds. The first-order valence-corrected chi connectivity index (χ1v) is 14.1. The number of carbonyl (C=O) groups excluding carboxylic acids is 2. The molecule has 9 nitrogen and oxygen atoms in total. The van der Waals surface area contributed by atoms with E-state index in [-0.39, 0.29) is 34.9 Å². The van der Waals surface area contributed by atoms with Gasteiger partial charge in [-0.2, -0.15) is 0 Å². The van der Waals surface area contributed by atoms with Crippen LogP contribution in [0.4, 0.5) is 0 Å². The Balaban J connectivity index is 1.70. The van der Waals surface area contributed by atoms with Crippen LogP contribution in [0.1, 0.15) is 73.6 Å². The fourth-order valence-corrected chi connectivity index (χ4v) is 6.44. The lowest BCUT2D eigenvalue weighted by atomic mass is 9.43. The number of rotatable bonds is 12. The largest absolute Gasteiger partial charge is 0.481 e. The Morgan fingerprint density at radius 3 is 2.55 bits per heavy atom. The number of hydrogen-bond donors (Lipinski definition) is 4. The van der Waals surface area contributed by atoms with Crippen molar-refractivity contribution in [1.29, 1.82) is 0 Å². The number of carbonyl (C=O) groups is 2. The number of nitrogens with two attached hydrogens (primary N) is 1. The van der Waals surface area contributed by atoms with Gasteiger partial charge in [0.25, 0.3) is 0 Å². The molecule has 10 heteroatoms. The van der Waals surface area contributed by atoms with E-state index in [4.69, 9.17) is 15.0 Å². The second kappa shape index (κ2) is 12.7. The number of amides is 2. The van der Waals surface area contributed by atoms with Crippen LogP contribution in [-0.2, 0) is 18.9 Å². The Hall–Kier alpha value is -2.33. The van der Waals surface area contributed by atoms with Gasteiger partial charge in [-0.15, -0.1) is 0 Å². The number of guanidine groups is 1. The molecule has 4 rings (SSSR count). The van der Waals surface area contributed by atoms with Gasteiger partial charge in [0.2, 0.25) is 11.8 Å². The Bertz CT molecular complexity index is 936. The van der Waals surface area contributed by atoms with Crippen LogP contribution in [0, 0.1) is 23.2 Å². The lowest BCUT2D eigenvalue weighted by Gasteiger charge is -2.64. The first kappa shape index (κ1) is 30.2. The van der Waals surface area contributed by atoms with Crippen LogP contribution < -0.4 is 21.7 Å². The van der Waals surface area contributed by atoms with Gasteiger partial charge >= 0.3 is 7.12 Å². The molecule has 0 unspecified atom stereocenters. The van der Waals surface area contributed by atoms with Crippen molar-refractivity contribution in [3.8, 4) is 0 Å². The molecule has 38 heavy (non-hydrogen) atoms. The minimum Gasteiger partial charge on any atom is -0.404 e. The van der Waals surface area contributed by atoms with Crippen LogP contribution in [0.25, 0.3) is 0 Å². The summed E-state index contributed by atoms with van der Waals surface area (Å²) in [4.78, 5) is 30.0. The number of allylic oxidation sites excluding steroid dienone is 3. The number of hydrogen-bond acceptors (Lipinski definition) is 5. The van der Waals surface area contributed by atoms with Gasteiger partial charge in [0.05, 0.1) is 17.6 Å². The molecular formula is C28H48BN5O4. The van der Waals surface area contributed by atoms with E-state index in [1.165, 1.54) is 12.5 Å². The summed E-state index contributed by atoms with van der Waals surface area (Å²) in [6, 6.07) is -0.708. The molecule has 4 fully saturated rings. The molecule has 3 saturated carbocycles. The van der Waals surface area contributed by atoms with Gasteiger partial charge in [0, 0.05) is 19.7 Å². The predicted octanol–water partition coefficient (Wildman–Crippen LogP) is 2.72. The molecule has 4 aliphatic rings. The van der Waals surface area contributed by atoms with Crippen molar-refractivity contribution in [3.63, 3.8) is 0 Å². The monoisotopic (exact) mass is 529 g/mol. The summed E-state index contributed by atoms with van der Waals surface area (Å²) >= 11 is 0. The van der Waals surface area contributed by atoms with Gasteiger partial charge < -0.3 is 31.0 Å². The van der Waals surface area contributed by atoms with Gasteiger partial charge in [0.1, 0.15) is 6.04 Å². The third-order valence-corrected chi connectivity index (χ3v) is 8.75. The third-order valence-electron chi connectivity index (χ3n) is 8.75. The van der Waals surface area contributed by atoms with E-state index in [2.05, 4.69) is 55.6 Å². The van der Waals surface area contributed by atoms with Gasteiger partial charge in [-0.05, 0) is 69.1 Å². The van der Waals surface area contributed by atoms with Crippen molar-refractivity contribution >= 4 is 24.9 Å². The quantitative estimate of drug-likeness (QED) is 0.0769. The maximum absolute atomic E-state index is 13.6. The molecule has 1 saturated heterocycles. The van der Waals surface area contributed by atoms with Crippen LogP contribution in [-0.4, -0.2) is 62.2 Å². The summed E-state index contributed by atoms with van der Waals surface area (Å²) in [7, 11) is 1.10. The lowest BCUT2D eigenvalue weighted by Crippen LogP contribution is -2.65. The zero-order valence-electron chi connectivity index (χ0n) is 24.3. The van der Waals surface area contributed by atoms with Crippen molar-refractivity contribution in [2.75, 3.05) is 13.6 Å². The highest BCUT2D eigenvalue weighted by atomic mass is 16.7. The molecule has 2 bridgehead atoms. The van der Waals surface area contributed by atoms with Crippen molar-refractivity contribution in [1.82, 2.24) is 16.0 Å². The summed E-state index contributed by atoms with van der Waals surface area (Å²) < 4.78 is 13.2. The zero-order chi connectivity index (χ0) is 28.1. The molecule has 0 aromatic heterocycles.